The second-order valence-corrected chi connectivity index (χ2v) is 2.28. The molecule has 0 fully saturated rings. The highest BCUT2D eigenvalue weighted by atomic mass is 19.2. The van der Waals surface area contributed by atoms with Gasteiger partial charge in [-0.3, -0.25) is 0 Å². The predicted octanol–water partition coefficient (Wildman–Crippen LogP) is 1.49. The second kappa shape index (κ2) is 3.28. The van der Waals surface area contributed by atoms with Gasteiger partial charge in [-0.05, 0) is 17.7 Å². The second-order valence-electron chi connectivity index (χ2n) is 2.28. The molecule has 1 rings (SSSR count). The fourth-order valence-electron chi connectivity index (χ4n) is 0.780. The zero-order valence-electron chi connectivity index (χ0n) is 6.09. The van der Waals surface area contributed by atoms with E-state index in [0.717, 1.165) is 12.1 Å². The molecule has 0 aliphatic carbocycles. The van der Waals surface area contributed by atoms with E-state index in [4.69, 9.17) is 11.0 Å². The van der Waals surface area contributed by atoms with E-state index in [2.05, 4.69) is 0 Å². The Balaban J connectivity index is 3.06. The normalized spacial score (nSPS) is 12.2. The summed E-state index contributed by atoms with van der Waals surface area (Å²) < 4.78 is 24.9. The van der Waals surface area contributed by atoms with E-state index in [1.807, 2.05) is 0 Å². The van der Waals surface area contributed by atoms with Crippen LogP contribution >= 0.6 is 0 Å². The van der Waals surface area contributed by atoms with Gasteiger partial charge in [0.15, 0.2) is 11.6 Å². The molecule has 0 spiro atoms. The molecule has 0 amide bonds. The lowest BCUT2D eigenvalue weighted by Crippen LogP contribution is -2.07. The van der Waals surface area contributed by atoms with Crippen molar-refractivity contribution in [1.82, 2.24) is 0 Å². The minimum Gasteiger partial charge on any atom is -0.312 e. The van der Waals surface area contributed by atoms with Crippen LogP contribution in [-0.4, -0.2) is 0 Å². The van der Waals surface area contributed by atoms with Crippen LogP contribution in [0.4, 0.5) is 8.78 Å². The third-order valence-electron chi connectivity index (χ3n) is 1.44. The molecule has 0 bridgehead atoms. The zero-order valence-corrected chi connectivity index (χ0v) is 6.09. The molecule has 1 atom stereocenters. The fourth-order valence-corrected chi connectivity index (χ4v) is 0.780. The maximum atomic E-state index is 12.5. The maximum Gasteiger partial charge on any atom is 0.159 e. The molecule has 12 heavy (non-hydrogen) atoms. The number of nitrogens with two attached hydrogens (primary N) is 1. The van der Waals surface area contributed by atoms with Crippen LogP contribution in [0, 0.1) is 23.0 Å². The summed E-state index contributed by atoms with van der Waals surface area (Å²) in [6.45, 7) is 0. The molecule has 1 unspecified atom stereocenters. The number of benzene rings is 1. The van der Waals surface area contributed by atoms with Crippen LogP contribution in [0.3, 0.4) is 0 Å². The number of rotatable bonds is 1. The van der Waals surface area contributed by atoms with Crippen molar-refractivity contribution >= 4 is 0 Å². The molecule has 0 aromatic heterocycles. The van der Waals surface area contributed by atoms with Crippen molar-refractivity contribution in [2.45, 2.75) is 6.04 Å². The van der Waals surface area contributed by atoms with E-state index in [0.29, 0.717) is 0 Å². The van der Waals surface area contributed by atoms with Crippen molar-refractivity contribution in [3.63, 3.8) is 0 Å². The van der Waals surface area contributed by atoms with Crippen molar-refractivity contribution < 1.29 is 8.78 Å². The van der Waals surface area contributed by atoms with Crippen LogP contribution in [0.25, 0.3) is 0 Å². The lowest BCUT2D eigenvalue weighted by molar-refractivity contribution is 0.506. The molecule has 4 heteroatoms. The third-order valence-corrected chi connectivity index (χ3v) is 1.44. The molecule has 1 aromatic carbocycles. The molecular formula is C8H6F2N2. The Morgan fingerprint density at radius 2 is 2.00 bits per heavy atom. The van der Waals surface area contributed by atoms with E-state index >= 15 is 0 Å². The van der Waals surface area contributed by atoms with Crippen LogP contribution in [0.15, 0.2) is 18.2 Å². The average molecular weight is 168 g/mol. The monoisotopic (exact) mass is 168 g/mol. The molecule has 2 N–H and O–H groups in total. The molecule has 0 saturated carbocycles. The minimum absolute atomic E-state index is 0.274. The van der Waals surface area contributed by atoms with Gasteiger partial charge in [-0.2, -0.15) is 5.26 Å². The van der Waals surface area contributed by atoms with Gasteiger partial charge < -0.3 is 5.73 Å². The van der Waals surface area contributed by atoms with Gasteiger partial charge in [0, 0.05) is 0 Å². The van der Waals surface area contributed by atoms with Crippen LogP contribution in [0.1, 0.15) is 11.6 Å². The topological polar surface area (TPSA) is 49.8 Å². The Kier molecular flexibility index (Phi) is 2.36. The minimum atomic E-state index is -0.988. The van der Waals surface area contributed by atoms with Crippen molar-refractivity contribution in [3.8, 4) is 6.07 Å². The predicted molar refractivity (Wildman–Crippen MR) is 38.9 cm³/mol. The highest BCUT2D eigenvalue weighted by Gasteiger charge is 2.07. The Bertz CT molecular complexity index is 330. The van der Waals surface area contributed by atoms with Gasteiger partial charge >= 0.3 is 0 Å². The van der Waals surface area contributed by atoms with Gasteiger partial charge in [-0.15, -0.1) is 0 Å². The molecular weight excluding hydrogens is 162 g/mol. The number of hydrogen-bond donors (Lipinski definition) is 1. The number of halogens is 2. The number of hydrogen-bond acceptors (Lipinski definition) is 2. The Labute approximate surface area is 68.2 Å². The zero-order chi connectivity index (χ0) is 9.14. The first-order chi connectivity index (χ1) is 5.65. The number of nitrogens with zero attached hydrogens (tertiary/aromatic N) is 1. The van der Waals surface area contributed by atoms with Crippen molar-refractivity contribution in [1.29, 1.82) is 5.26 Å². The van der Waals surface area contributed by atoms with Gasteiger partial charge in [-0.1, -0.05) is 6.07 Å². The Hall–Kier alpha value is -1.47. The van der Waals surface area contributed by atoms with Crippen LogP contribution in [0.5, 0.6) is 0 Å². The van der Waals surface area contributed by atoms with E-state index in [1.54, 1.807) is 6.07 Å². The summed E-state index contributed by atoms with van der Waals surface area (Å²) in [6, 6.07) is 3.96. The smallest absolute Gasteiger partial charge is 0.159 e. The average Bonchev–Trinajstić information content (AvgIpc) is 2.08. The molecule has 0 radical (unpaired) electrons. The summed E-state index contributed by atoms with van der Waals surface area (Å²) in [4.78, 5) is 0. The third kappa shape index (κ3) is 1.57. The Morgan fingerprint density at radius 3 is 2.50 bits per heavy atom. The fraction of sp³-hybridized carbons (Fsp3) is 0.125. The molecule has 2 nitrogen and oxygen atoms in total. The summed E-state index contributed by atoms with van der Waals surface area (Å²) in [6.07, 6.45) is 0. The van der Waals surface area contributed by atoms with Crippen LogP contribution < -0.4 is 5.73 Å². The van der Waals surface area contributed by atoms with Crippen LogP contribution in [-0.2, 0) is 0 Å². The first-order valence-corrected chi connectivity index (χ1v) is 3.25. The van der Waals surface area contributed by atoms with Gasteiger partial charge in [0.05, 0.1) is 6.07 Å². The lowest BCUT2D eigenvalue weighted by atomic mass is 10.1. The summed E-state index contributed by atoms with van der Waals surface area (Å²) in [5, 5.41) is 8.36. The summed E-state index contributed by atoms with van der Waals surface area (Å²) in [5.41, 5.74) is 5.54. The molecule has 1 aromatic rings. The molecule has 0 saturated heterocycles. The largest absolute Gasteiger partial charge is 0.312 e. The SMILES string of the molecule is N#CC(N)c1ccc(F)c(F)c1. The van der Waals surface area contributed by atoms with E-state index in [-0.39, 0.29) is 5.56 Å². The quantitative estimate of drug-likeness (QED) is 0.690. The standard InChI is InChI=1S/C8H6F2N2/c9-6-2-1-5(3-7(6)10)8(12)4-11/h1-3,8H,12H2. The van der Waals surface area contributed by atoms with E-state index < -0.39 is 17.7 Å². The van der Waals surface area contributed by atoms with Crippen molar-refractivity contribution in [3.05, 3.63) is 35.4 Å². The summed E-state index contributed by atoms with van der Waals surface area (Å²) in [7, 11) is 0. The summed E-state index contributed by atoms with van der Waals surface area (Å²) >= 11 is 0. The van der Waals surface area contributed by atoms with E-state index in [9.17, 15) is 8.78 Å². The van der Waals surface area contributed by atoms with Crippen LogP contribution in [0.2, 0.25) is 0 Å². The molecule has 0 aliphatic rings. The number of nitriles is 1. The maximum absolute atomic E-state index is 12.5. The van der Waals surface area contributed by atoms with Gasteiger partial charge in [-0.25, -0.2) is 8.78 Å². The molecule has 0 aliphatic heterocycles. The first kappa shape index (κ1) is 8.62. The lowest BCUT2D eigenvalue weighted by Gasteiger charge is -2.02. The Morgan fingerprint density at radius 1 is 1.33 bits per heavy atom. The highest BCUT2D eigenvalue weighted by molar-refractivity contribution is 5.24. The van der Waals surface area contributed by atoms with Crippen molar-refractivity contribution in [2.24, 2.45) is 5.73 Å². The van der Waals surface area contributed by atoms with Crippen molar-refractivity contribution in [2.75, 3.05) is 0 Å². The van der Waals surface area contributed by atoms with Gasteiger partial charge in [0.25, 0.3) is 0 Å². The summed E-state index contributed by atoms with van der Waals surface area (Å²) in [5.74, 6) is -1.93. The molecule has 62 valence electrons. The first-order valence-electron chi connectivity index (χ1n) is 3.25. The highest BCUT2D eigenvalue weighted by Crippen LogP contribution is 2.13. The van der Waals surface area contributed by atoms with Gasteiger partial charge in [0.2, 0.25) is 0 Å². The van der Waals surface area contributed by atoms with E-state index in [1.165, 1.54) is 6.07 Å². The van der Waals surface area contributed by atoms with Gasteiger partial charge in [0.1, 0.15) is 6.04 Å². The molecule has 0 heterocycles.